The molecular formula is C19H28N2O3S. The van der Waals surface area contributed by atoms with E-state index in [-0.39, 0.29) is 10.8 Å². The number of benzene rings is 1. The van der Waals surface area contributed by atoms with Crippen molar-refractivity contribution in [3.05, 3.63) is 30.3 Å². The normalized spacial score (nSPS) is 22.8. The first-order chi connectivity index (χ1) is 12.0. The molecule has 2 fully saturated rings. The molecule has 25 heavy (non-hydrogen) atoms. The summed E-state index contributed by atoms with van der Waals surface area (Å²) >= 11 is 0. The summed E-state index contributed by atoms with van der Waals surface area (Å²) in [4.78, 5) is 15.0. The summed E-state index contributed by atoms with van der Waals surface area (Å²) in [6.45, 7) is 1.17. The Hall–Kier alpha value is -1.40. The molecule has 1 unspecified atom stereocenters. The molecule has 1 aromatic carbocycles. The van der Waals surface area contributed by atoms with E-state index in [1.807, 2.05) is 7.05 Å². The van der Waals surface area contributed by atoms with Gasteiger partial charge in [0.25, 0.3) is 0 Å². The monoisotopic (exact) mass is 364 g/mol. The second-order valence-electron chi connectivity index (χ2n) is 7.31. The lowest BCUT2D eigenvalue weighted by molar-refractivity contribution is -0.135. The average molecular weight is 365 g/mol. The van der Waals surface area contributed by atoms with E-state index in [4.69, 9.17) is 0 Å². The highest BCUT2D eigenvalue weighted by molar-refractivity contribution is 7.89. The molecule has 2 aliphatic rings. The second-order valence-corrected chi connectivity index (χ2v) is 9.20. The van der Waals surface area contributed by atoms with Crippen LogP contribution in [0.2, 0.25) is 0 Å². The molecule has 1 aromatic rings. The van der Waals surface area contributed by atoms with Crippen LogP contribution in [0.4, 0.5) is 0 Å². The van der Waals surface area contributed by atoms with Crippen molar-refractivity contribution in [1.82, 2.24) is 9.21 Å². The van der Waals surface area contributed by atoms with Crippen LogP contribution in [0.15, 0.2) is 35.2 Å². The fraction of sp³-hybridized carbons (Fsp3) is 0.632. The Morgan fingerprint density at radius 2 is 1.72 bits per heavy atom. The zero-order chi connectivity index (χ0) is 17.9. The molecular weight excluding hydrogens is 336 g/mol. The predicted molar refractivity (Wildman–Crippen MR) is 97.6 cm³/mol. The molecule has 0 aromatic heterocycles. The molecule has 1 atom stereocenters. The lowest BCUT2D eigenvalue weighted by atomic mass is 10.0. The molecule has 138 valence electrons. The van der Waals surface area contributed by atoms with Crippen molar-refractivity contribution in [1.29, 1.82) is 0 Å². The van der Waals surface area contributed by atoms with Gasteiger partial charge >= 0.3 is 0 Å². The van der Waals surface area contributed by atoms with E-state index in [1.54, 1.807) is 35.2 Å². The minimum Gasteiger partial charge on any atom is -0.344 e. The van der Waals surface area contributed by atoms with E-state index < -0.39 is 16.1 Å². The SMILES string of the molecule is CN(CC1CCCC1)C(=O)C1CCCCN1S(=O)(=O)c1ccccc1. The van der Waals surface area contributed by atoms with Crippen LogP contribution in [-0.2, 0) is 14.8 Å². The molecule has 0 radical (unpaired) electrons. The van der Waals surface area contributed by atoms with Crippen LogP contribution >= 0.6 is 0 Å². The van der Waals surface area contributed by atoms with E-state index in [0.717, 1.165) is 19.4 Å². The van der Waals surface area contributed by atoms with Crippen LogP contribution in [0.1, 0.15) is 44.9 Å². The van der Waals surface area contributed by atoms with Crippen LogP contribution in [0.3, 0.4) is 0 Å². The molecule has 3 rings (SSSR count). The molecule has 6 heteroatoms. The topological polar surface area (TPSA) is 57.7 Å². The summed E-state index contributed by atoms with van der Waals surface area (Å²) in [6.07, 6.45) is 7.15. The second kappa shape index (κ2) is 7.87. The van der Waals surface area contributed by atoms with Gasteiger partial charge in [-0.15, -0.1) is 0 Å². The zero-order valence-corrected chi connectivity index (χ0v) is 15.7. The van der Waals surface area contributed by atoms with Gasteiger partial charge in [-0.3, -0.25) is 4.79 Å². The third-order valence-electron chi connectivity index (χ3n) is 5.47. The Bertz CT molecular complexity index is 684. The van der Waals surface area contributed by atoms with Gasteiger partial charge in [0, 0.05) is 20.1 Å². The highest BCUT2D eigenvalue weighted by atomic mass is 32.2. The summed E-state index contributed by atoms with van der Waals surface area (Å²) in [7, 11) is -1.81. The average Bonchev–Trinajstić information content (AvgIpc) is 3.15. The van der Waals surface area contributed by atoms with Crippen molar-refractivity contribution < 1.29 is 13.2 Å². The number of piperidine rings is 1. The maximum absolute atomic E-state index is 13.0. The lowest BCUT2D eigenvalue weighted by Gasteiger charge is -2.36. The van der Waals surface area contributed by atoms with E-state index in [0.29, 0.717) is 18.9 Å². The van der Waals surface area contributed by atoms with Crippen LogP contribution in [0, 0.1) is 5.92 Å². The lowest BCUT2D eigenvalue weighted by Crippen LogP contribution is -2.52. The smallest absolute Gasteiger partial charge is 0.243 e. The highest BCUT2D eigenvalue weighted by Crippen LogP contribution is 2.28. The number of amides is 1. The molecule has 1 aliphatic heterocycles. The van der Waals surface area contributed by atoms with Gasteiger partial charge < -0.3 is 4.90 Å². The Balaban J connectivity index is 1.77. The predicted octanol–water partition coefficient (Wildman–Crippen LogP) is 2.88. The van der Waals surface area contributed by atoms with Crippen molar-refractivity contribution in [3.8, 4) is 0 Å². The minimum absolute atomic E-state index is 0.0499. The van der Waals surface area contributed by atoms with E-state index in [1.165, 1.54) is 30.0 Å². The molecule has 0 bridgehead atoms. The van der Waals surface area contributed by atoms with E-state index in [9.17, 15) is 13.2 Å². The number of sulfonamides is 1. The van der Waals surface area contributed by atoms with Gasteiger partial charge in [-0.2, -0.15) is 4.31 Å². The van der Waals surface area contributed by atoms with Gasteiger partial charge in [-0.25, -0.2) is 8.42 Å². The van der Waals surface area contributed by atoms with Crippen molar-refractivity contribution in [2.75, 3.05) is 20.1 Å². The van der Waals surface area contributed by atoms with Crippen LogP contribution < -0.4 is 0 Å². The number of rotatable bonds is 5. The quantitative estimate of drug-likeness (QED) is 0.807. The Labute approximate surface area is 151 Å². The zero-order valence-electron chi connectivity index (χ0n) is 14.9. The maximum Gasteiger partial charge on any atom is 0.243 e. The van der Waals surface area contributed by atoms with Crippen molar-refractivity contribution >= 4 is 15.9 Å². The van der Waals surface area contributed by atoms with E-state index in [2.05, 4.69) is 0 Å². The van der Waals surface area contributed by atoms with Gasteiger partial charge in [0.1, 0.15) is 6.04 Å². The van der Waals surface area contributed by atoms with Crippen molar-refractivity contribution in [2.45, 2.75) is 55.9 Å². The number of hydrogen-bond donors (Lipinski definition) is 0. The van der Waals surface area contributed by atoms with Crippen LogP contribution in [0.5, 0.6) is 0 Å². The van der Waals surface area contributed by atoms with Gasteiger partial charge in [-0.1, -0.05) is 37.5 Å². The molecule has 0 spiro atoms. The van der Waals surface area contributed by atoms with Gasteiger partial charge in [0.15, 0.2) is 0 Å². The molecule has 1 heterocycles. The third kappa shape index (κ3) is 4.06. The number of likely N-dealkylation sites (N-methyl/N-ethyl adjacent to an activating group) is 1. The molecule has 1 saturated heterocycles. The van der Waals surface area contributed by atoms with E-state index >= 15 is 0 Å². The first-order valence-electron chi connectivity index (χ1n) is 9.32. The van der Waals surface area contributed by atoms with Gasteiger partial charge in [0.05, 0.1) is 4.90 Å². The summed E-state index contributed by atoms with van der Waals surface area (Å²) in [5, 5.41) is 0. The highest BCUT2D eigenvalue weighted by Gasteiger charge is 2.39. The van der Waals surface area contributed by atoms with Gasteiger partial charge in [0.2, 0.25) is 15.9 Å². The number of carbonyl (C=O) groups excluding carboxylic acids is 1. The Morgan fingerprint density at radius 3 is 2.40 bits per heavy atom. The van der Waals surface area contributed by atoms with Crippen LogP contribution in [-0.4, -0.2) is 49.7 Å². The minimum atomic E-state index is -3.63. The fourth-order valence-corrected chi connectivity index (χ4v) is 5.76. The molecule has 1 amide bonds. The third-order valence-corrected chi connectivity index (χ3v) is 7.39. The number of nitrogens with zero attached hydrogens (tertiary/aromatic N) is 2. The summed E-state index contributed by atoms with van der Waals surface area (Å²) < 4.78 is 27.5. The maximum atomic E-state index is 13.0. The summed E-state index contributed by atoms with van der Waals surface area (Å²) in [6, 6.07) is 7.89. The first kappa shape index (κ1) is 18.4. The summed E-state index contributed by atoms with van der Waals surface area (Å²) in [5.74, 6) is 0.517. The summed E-state index contributed by atoms with van der Waals surface area (Å²) in [5.41, 5.74) is 0. The number of hydrogen-bond acceptors (Lipinski definition) is 3. The van der Waals surface area contributed by atoms with Crippen molar-refractivity contribution in [3.63, 3.8) is 0 Å². The Morgan fingerprint density at radius 1 is 1.08 bits per heavy atom. The number of carbonyl (C=O) groups is 1. The molecule has 0 N–H and O–H groups in total. The fourth-order valence-electron chi connectivity index (χ4n) is 4.09. The van der Waals surface area contributed by atoms with Crippen LogP contribution in [0.25, 0.3) is 0 Å². The van der Waals surface area contributed by atoms with Crippen molar-refractivity contribution in [2.24, 2.45) is 5.92 Å². The van der Waals surface area contributed by atoms with Gasteiger partial charge in [-0.05, 0) is 43.7 Å². The molecule has 1 saturated carbocycles. The molecule has 5 nitrogen and oxygen atoms in total. The Kier molecular flexibility index (Phi) is 5.79. The largest absolute Gasteiger partial charge is 0.344 e. The first-order valence-corrected chi connectivity index (χ1v) is 10.8. The molecule has 1 aliphatic carbocycles. The standard InChI is InChI=1S/C19H28N2O3S/c1-20(15-16-9-5-6-10-16)19(22)18-13-7-8-14-21(18)25(23,24)17-11-3-2-4-12-17/h2-4,11-12,16,18H,5-10,13-15H2,1H3.